The zero-order valence-electron chi connectivity index (χ0n) is 11.2. The Morgan fingerprint density at radius 2 is 2.28 bits per heavy atom. The molecule has 1 aliphatic rings. The van der Waals surface area contributed by atoms with Crippen molar-refractivity contribution in [2.75, 3.05) is 13.1 Å². The maximum Gasteiger partial charge on any atom is 0.228 e. The molecule has 2 rings (SSSR count). The summed E-state index contributed by atoms with van der Waals surface area (Å²) in [5.41, 5.74) is 2.42. The van der Waals surface area contributed by atoms with E-state index in [4.69, 9.17) is 0 Å². The summed E-state index contributed by atoms with van der Waals surface area (Å²) in [6.45, 7) is 6.68. The highest BCUT2D eigenvalue weighted by molar-refractivity contribution is 5.84. The van der Waals surface area contributed by atoms with Crippen LogP contribution >= 0.6 is 0 Å². The maximum absolute atomic E-state index is 12.2. The van der Waals surface area contributed by atoms with E-state index in [1.54, 1.807) is 0 Å². The molecule has 0 saturated heterocycles. The van der Waals surface area contributed by atoms with Gasteiger partial charge in [-0.3, -0.25) is 4.79 Å². The number of amides is 1. The van der Waals surface area contributed by atoms with Gasteiger partial charge in [0.15, 0.2) is 0 Å². The van der Waals surface area contributed by atoms with Gasteiger partial charge >= 0.3 is 0 Å². The maximum atomic E-state index is 12.2. The Balaban J connectivity index is 2.04. The predicted molar refractivity (Wildman–Crippen MR) is 73.4 cm³/mol. The topological polar surface area (TPSA) is 41.1 Å². The molecule has 1 heterocycles. The van der Waals surface area contributed by atoms with Crippen LogP contribution in [0, 0.1) is 5.92 Å². The van der Waals surface area contributed by atoms with Gasteiger partial charge in [-0.25, -0.2) is 0 Å². The van der Waals surface area contributed by atoms with Crippen LogP contribution < -0.4 is 10.6 Å². The molecular formula is C15H22N2O. The van der Waals surface area contributed by atoms with Crippen molar-refractivity contribution in [1.82, 2.24) is 10.6 Å². The van der Waals surface area contributed by atoms with Gasteiger partial charge < -0.3 is 10.6 Å². The Bertz CT molecular complexity index is 417. The van der Waals surface area contributed by atoms with E-state index in [9.17, 15) is 4.79 Å². The molecule has 1 amide bonds. The van der Waals surface area contributed by atoms with Gasteiger partial charge in [0.05, 0.1) is 5.92 Å². The fourth-order valence-electron chi connectivity index (χ4n) is 2.27. The normalized spacial score (nSPS) is 20.0. The van der Waals surface area contributed by atoms with E-state index >= 15 is 0 Å². The zero-order valence-corrected chi connectivity index (χ0v) is 11.2. The number of carbonyl (C=O) groups excluding carboxylic acids is 1. The Hall–Kier alpha value is -1.35. The van der Waals surface area contributed by atoms with Crippen LogP contribution in [0.15, 0.2) is 24.3 Å². The third-order valence-electron chi connectivity index (χ3n) is 3.73. The van der Waals surface area contributed by atoms with Crippen LogP contribution in [0.25, 0.3) is 0 Å². The number of benzene rings is 1. The summed E-state index contributed by atoms with van der Waals surface area (Å²) in [6, 6.07) is 8.21. The first-order chi connectivity index (χ1) is 8.72. The lowest BCUT2D eigenvalue weighted by molar-refractivity contribution is -0.122. The lowest BCUT2D eigenvalue weighted by Crippen LogP contribution is -2.40. The number of hydrogen-bond acceptors (Lipinski definition) is 2. The number of rotatable bonds is 4. The van der Waals surface area contributed by atoms with E-state index < -0.39 is 0 Å². The van der Waals surface area contributed by atoms with Crippen molar-refractivity contribution in [1.29, 1.82) is 0 Å². The van der Waals surface area contributed by atoms with Gasteiger partial charge in [-0.2, -0.15) is 0 Å². The van der Waals surface area contributed by atoms with E-state index in [0.29, 0.717) is 5.92 Å². The summed E-state index contributed by atoms with van der Waals surface area (Å²) < 4.78 is 0. The van der Waals surface area contributed by atoms with Crippen molar-refractivity contribution < 1.29 is 4.79 Å². The zero-order chi connectivity index (χ0) is 13.0. The lowest BCUT2D eigenvalue weighted by Gasteiger charge is -2.26. The summed E-state index contributed by atoms with van der Waals surface area (Å²) in [5, 5.41) is 6.38. The molecule has 0 aliphatic carbocycles. The molecule has 98 valence electrons. The second-order valence-corrected chi connectivity index (χ2v) is 5.14. The monoisotopic (exact) mass is 246 g/mol. The molecule has 0 fully saturated rings. The summed E-state index contributed by atoms with van der Waals surface area (Å²) >= 11 is 0. The summed E-state index contributed by atoms with van der Waals surface area (Å²) in [5.74, 6) is 0.648. The summed E-state index contributed by atoms with van der Waals surface area (Å²) in [7, 11) is 0. The van der Waals surface area contributed by atoms with Crippen molar-refractivity contribution >= 4 is 5.91 Å². The van der Waals surface area contributed by atoms with Crippen LogP contribution in [0.4, 0.5) is 0 Å². The molecule has 0 bridgehead atoms. The van der Waals surface area contributed by atoms with Crippen LogP contribution in [0.5, 0.6) is 0 Å². The van der Waals surface area contributed by atoms with Gasteiger partial charge in [0.2, 0.25) is 5.91 Å². The highest BCUT2D eigenvalue weighted by Gasteiger charge is 2.25. The first-order valence-electron chi connectivity index (χ1n) is 6.78. The van der Waals surface area contributed by atoms with E-state index in [1.807, 2.05) is 12.1 Å². The second-order valence-electron chi connectivity index (χ2n) is 5.14. The Morgan fingerprint density at radius 3 is 3.06 bits per heavy atom. The fraction of sp³-hybridized carbons (Fsp3) is 0.533. The largest absolute Gasteiger partial charge is 0.355 e. The number of carbonyl (C=O) groups is 1. The fourth-order valence-corrected chi connectivity index (χ4v) is 2.27. The minimum absolute atomic E-state index is 0.0426. The first kappa shape index (κ1) is 13.1. The molecule has 2 N–H and O–H groups in total. The third kappa shape index (κ3) is 2.91. The first-order valence-corrected chi connectivity index (χ1v) is 6.78. The van der Waals surface area contributed by atoms with Crippen molar-refractivity contribution in [2.24, 2.45) is 5.92 Å². The summed E-state index contributed by atoms with van der Waals surface area (Å²) in [4.78, 5) is 12.2. The standard InChI is InChI=1S/C15H22N2O/c1-3-11(2)8-17-15(18)14-10-16-9-12-6-4-5-7-13(12)14/h4-7,11,14,16H,3,8-10H2,1-2H3,(H,17,18). The molecule has 3 heteroatoms. The van der Waals surface area contributed by atoms with Gasteiger partial charge in [-0.1, -0.05) is 44.5 Å². The quantitative estimate of drug-likeness (QED) is 0.853. The highest BCUT2D eigenvalue weighted by Crippen LogP contribution is 2.23. The van der Waals surface area contributed by atoms with Crippen molar-refractivity contribution in [3.05, 3.63) is 35.4 Å². The molecule has 0 aromatic heterocycles. The molecular weight excluding hydrogens is 224 g/mol. The van der Waals surface area contributed by atoms with Crippen LogP contribution in [-0.2, 0) is 11.3 Å². The van der Waals surface area contributed by atoms with Gasteiger partial charge in [-0.05, 0) is 17.0 Å². The molecule has 0 spiro atoms. The summed E-state index contributed by atoms with van der Waals surface area (Å²) in [6.07, 6.45) is 1.10. The SMILES string of the molecule is CCC(C)CNC(=O)C1CNCc2ccccc21. The van der Waals surface area contributed by atoms with Crippen molar-refractivity contribution in [3.8, 4) is 0 Å². The van der Waals surface area contributed by atoms with Gasteiger partial charge in [0, 0.05) is 19.6 Å². The predicted octanol–water partition coefficient (Wildman–Crippen LogP) is 2.04. The van der Waals surface area contributed by atoms with Crippen LogP contribution in [0.1, 0.15) is 37.3 Å². The Morgan fingerprint density at radius 1 is 1.50 bits per heavy atom. The minimum atomic E-state index is -0.0426. The van der Waals surface area contributed by atoms with E-state index in [-0.39, 0.29) is 11.8 Å². The molecule has 0 radical (unpaired) electrons. The van der Waals surface area contributed by atoms with Crippen LogP contribution in [0.3, 0.4) is 0 Å². The molecule has 1 aliphatic heterocycles. The average molecular weight is 246 g/mol. The van der Waals surface area contributed by atoms with Crippen molar-refractivity contribution in [3.63, 3.8) is 0 Å². The Kier molecular flexibility index (Phi) is 4.37. The molecule has 1 aromatic carbocycles. The van der Waals surface area contributed by atoms with E-state index in [1.165, 1.54) is 11.1 Å². The third-order valence-corrected chi connectivity index (χ3v) is 3.73. The molecule has 3 nitrogen and oxygen atoms in total. The Labute approximate surface area is 109 Å². The average Bonchev–Trinajstić information content (AvgIpc) is 2.43. The molecule has 2 atom stereocenters. The minimum Gasteiger partial charge on any atom is -0.355 e. The van der Waals surface area contributed by atoms with Crippen LogP contribution in [0.2, 0.25) is 0 Å². The van der Waals surface area contributed by atoms with Gasteiger partial charge in [-0.15, -0.1) is 0 Å². The molecule has 18 heavy (non-hydrogen) atoms. The molecule has 0 saturated carbocycles. The highest BCUT2D eigenvalue weighted by atomic mass is 16.1. The second kappa shape index (κ2) is 6.01. The molecule has 2 unspecified atom stereocenters. The van der Waals surface area contributed by atoms with Crippen molar-refractivity contribution in [2.45, 2.75) is 32.7 Å². The number of hydrogen-bond donors (Lipinski definition) is 2. The van der Waals surface area contributed by atoms with E-state index in [0.717, 1.165) is 26.1 Å². The van der Waals surface area contributed by atoms with E-state index in [2.05, 4.69) is 36.6 Å². The van der Waals surface area contributed by atoms with Gasteiger partial charge in [0.1, 0.15) is 0 Å². The smallest absolute Gasteiger partial charge is 0.228 e. The number of fused-ring (bicyclic) bond motifs is 1. The van der Waals surface area contributed by atoms with Crippen LogP contribution in [-0.4, -0.2) is 19.0 Å². The number of nitrogens with one attached hydrogen (secondary N) is 2. The lowest BCUT2D eigenvalue weighted by atomic mass is 9.90. The van der Waals surface area contributed by atoms with Gasteiger partial charge in [0.25, 0.3) is 0 Å². The molecule has 1 aromatic rings.